The number of aryl methyl sites for hydroxylation is 1. The molecule has 0 saturated carbocycles. The summed E-state index contributed by atoms with van der Waals surface area (Å²) in [7, 11) is 1.78. The van der Waals surface area contributed by atoms with Gasteiger partial charge in [-0.3, -0.25) is 4.79 Å². The highest BCUT2D eigenvalue weighted by molar-refractivity contribution is 5.73. The maximum absolute atomic E-state index is 10.4. The molecule has 1 rings (SSSR count). The first-order valence-corrected chi connectivity index (χ1v) is 3.85. The second-order valence-electron chi connectivity index (χ2n) is 2.87. The number of hydrogen-bond donors (Lipinski definition) is 2. The summed E-state index contributed by atoms with van der Waals surface area (Å²) in [5.41, 5.74) is 5.35. The molecule has 13 heavy (non-hydrogen) atoms. The van der Waals surface area contributed by atoms with Gasteiger partial charge in [-0.1, -0.05) is 0 Å². The lowest BCUT2D eigenvalue weighted by Gasteiger charge is -2.05. The molecule has 0 fully saturated rings. The average molecular weight is 184 g/mol. The van der Waals surface area contributed by atoms with E-state index < -0.39 is 12.0 Å². The lowest BCUT2D eigenvalue weighted by molar-refractivity contribution is -0.138. The van der Waals surface area contributed by atoms with Crippen LogP contribution in [0.4, 0.5) is 0 Å². The van der Waals surface area contributed by atoms with Gasteiger partial charge in [0, 0.05) is 13.5 Å². The predicted molar refractivity (Wildman–Crippen MR) is 45.1 cm³/mol. The van der Waals surface area contributed by atoms with Gasteiger partial charge in [0.1, 0.15) is 17.7 Å². The number of nitrogens with two attached hydrogens (primary N) is 1. The molecule has 6 nitrogen and oxygen atoms in total. The molecule has 1 aromatic heterocycles. The molecule has 0 aliphatic rings. The average Bonchev–Trinajstić information content (AvgIpc) is 2.36. The number of nitrogens with zero attached hydrogens (tertiary/aromatic N) is 3. The molecule has 3 N–H and O–H groups in total. The van der Waals surface area contributed by atoms with E-state index in [1.54, 1.807) is 18.5 Å². The summed E-state index contributed by atoms with van der Waals surface area (Å²) >= 11 is 0. The molecule has 0 aliphatic carbocycles. The fraction of sp³-hybridized carbons (Fsp3) is 0.571. The number of hydrogen-bond acceptors (Lipinski definition) is 4. The third kappa shape index (κ3) is 2.03. The van der Waals surface area contributed by atoms with Crippen molar-refractivity contribution in [1.82, 2.24) is 14.8 Å². The SMILES string of the molecule is Cc1nnc(CC(N)C(=O)O)n1C. The Kier molecular flexibility index (Phi) is 2.62. The maximum Gasteiger partial charge on any atom is 0.320 e. The van der Waals surface area contributed by atoms with Crippen LogP contribution in [0.2, 0.25) is 0 Å². The summed E-state index contributed by atoms with van der Waals surface area (Å²) in [5, 5.41) is 16.2. The molecule has 0 spiro atoms. The third-order valence-corrected chi connectivity index (χ3v) is 1.90. The summed E-state index contributed by atoms with van der Waals surface area (Å²) in [4.78, 5) is 10.4. The van der Waals surface area contributed by atoms with E-state index in [1.807, 2.05) is 0 Å². The van der Waals surface area contributed by atoms with Crippen molar-refractivity contribution in [3.8, 4) is 0 Å². The highest BCUT2D eigenvalue weighted by Gasteiger charge is 2.15. The predicted octanol–water partition coefficient (Wildman–Crippen LogP) is -0.922. The zero-order valence-electron chi connectivity index (χ0n) is 7.56. The van der Waals surface area contributed by atoms with Crippen LogP contribution in [-0.4, -0.2) is 31.9 Å². The highest BCUT2D eigenvalue weighted by atomic mass is 16.4. The number of aromatic nitrogens is 3. The Morgan fingerprint density at radius 3 is 2.69 bits per heavy atom. The molecule has 0 radical (unpaired) electrons. The summed E-state index contributed by atoms with van der Waals surface area (Å²) < 4.78 is 1.72. The van der Waals surface area contributed by atoms with Gasteiger partial charge in [-0.15, -0.1) is 10.2 Å². The van der Waals surface area contributed by atoms with Crippen molar-refractivity contribution in [2.45, 2.75) is 19.4 Å². The molecule has 0 aliphatic heterocycles. The lowest BCUT2D eigenvalue weighted by Crippen LogP contribution is -2.33. The van der Waals surface area contributed by atoms with Crippen molar-refractivity contribution in [3.63, 3.8) is 0 Å². The Morgan fingerprint density at radius 2 is 2.31 bits per heavy atom. The lowest BCUT2D eigenvalue weighted by atomic mass is 10.2. The van der Waals surface area contributed by atoms with Crippen LogP contribution in [-0.2, 0) is 18.3 Å². The van der Waals surface area contributed by atoms with Crippen molar-refractivity contribution < 1.29 is 9.90 Å². The van der Waals surface area contributed by atoms with E-state index in [2.05, 4.69) is 10.2 Å². The Balaban J connectivity index is 2.74. The van der Waals surface area contributed by atoms with Crippen LogP contribution in [0.5, 0.6) is 0 Å². The van der Waals surface area contributed by atoms with Gasteiger partial charge in [-0.2, -0.15) is 0 Å². The molecule has 6 heteroatoms. The van der Waals surface area contributed by atoms with Gasteiger partial charge in [-0.05, 0) is 6.92 Å². The summed E-state index contributed by atoms with van der Waals surface area (Å²) in [6, 6.07) is -0.915. The molecule has 0 saturated heterocycles. The smallest absolute Gasteiger partial charge is 0.320 e. The van der Waals surface area contributed by atoms with Crippen LogP contribution in [0, 0.1) is 6.92 Å². The van der Waals surface area contributed by atoms with E-state index in [9.17, 15) is 4.79 Å². The maximum atomic E-state index is 10.4. The van der Waals surface area contributed by atoms with Gasteiger partial charge in [0.2, 0.25) is 0 Å². The Labute approximate surface area is 75.4 Å². The largest absolute Gasteiger partial charge is 0.480 e. The first-order valence-electron chi connectivity index (χ1n) is 3.85. The van der Waals surface area contributed by atoms with E-state index in [1.165, 1.54) is 0 Å². The highest BCUT2D eigenvalue weighted by Crippen LogP contribution is 2.00. The van der Waals surface area contributed by atoms with Crippen LogP contribution >= 0.6 is 0 Å². The fourth-order valence-corrected chi connectivity index (χ4v) is 0.913. The zero-order chi connectivity index (χ0) is 10.0. The monoisotopic (exact) mass is 184 g/mol. The second kappa shape index (κ2) is 3.53. The summed E-state index contributed by atoms with van der Waals surface area (Å²) in [6.07, 6.45) is 0.201. The Hall–Kier alpha value is -1.43. The first kappa shape index (κ1) is 9.66. The molecule has 1 unspecified atom stereocenters. The minimum atomic E-state index is -1.03. The van der Waals surface area contributed by atoms with Crippen LogP contribution < -0.4 is 5.73 Å². The van der Waals surface area contributed by atoms with Crippen LogP contribution in [0.25, 0.3) is 0 Å². The molecule has 0 aromatic carbocycles. The van der Waals surface area contributed by atoms with Crippen molar-refractivity contribution in [2.24, 2.45) is 12.8 Å². The zero-order valence-corrected chi connectivity index (χ0v) is 7.56. The van der Waals surface area contributed by atoms with Crippen molar-refractivity contribution in [2.75, 3.05) is 0 Å². The summed E-state index contributed by atoms with van der Waals surface area (Å²) in [5.74, 6) is 0.306. The molecule has 1 aromatic rings. The molecule has 1 heterocycles. The Bertz CT molecular complexity index is 320. The number of rotatable bonds is 3. The topological polar surface area (TPSA) is 94.0 Å². The normalized spacial score (nSPS) is 12.8. The molecular weight excluding hydrogens is 172 g/mol. The first-order chi connectivity index (χ1) is 6.02. The quantitative estimate of drug-likeness (QED) is 0.633. The van der Waals surface area contributed by atoms with Gasteiger partial charge in [0.05, 0.1) is 0 Å². The molecule has 1 atom stereocenters. The second-order valence-corrected chi connectivity index (χ2v) is 2.87. The number of carbonyl (C=O) groups is 1. The van der Waals surface area contributed by atoms with E-state index in [0.717, 1.165) is 5.82 Å². The number of carboxylic acids is 1. The van der Waals surface area contributed by atoms with E-state index in [4.69, 9.17) is 10.8 Å². The van der Waals surface area contributed by atoms with Crippen molar-refractivity contribution in [3.05, 3.63) is 11.6 Å². The van der Waals surface area contributed by atoms with Crippen LogP contribution in [0.15, 0.2) is 0 Å². The molecular formula is C7H12N4O2. The van der Waals surface area contributed by atoms with Gasteiger partial charge in [0.25, 0.3) is 0 Å². The van der Waals surface area contributed by atoms with Gasteiger partial charge in [-0.25, -0.2) is 0 Å². The van der Waals surface area contributed by atoms with Crippen LogP contribution in [0.1, 0.15) is 11.6 Å². The standard InChI is InChI=1S/C7H12N4O2/c1-4-9-10-6(11(4)2)3-5(8)7(12)13/h5H,3,8H2,1-2H3,(H,12,13). The molecule has 0 bridgehead atoms. The summed E-state index contributed by atoms with van der Waals surface area (Å²) in [6.45, 7) is 1.79. The van der Waals surface area contributed by atoms with E-state index in [0.29, 0.717) is 5.82 Å². The van der Waals surface area contributed by atoms with E-state index >= 15 is 0 Å². The van der Waals surface area contributed by atoms with Gasteiger partial charge >= 0.3 is 5.97 Å². The molecule has 72 valence electrons. The van der Waals surface area contributed by atoms with Gasteiger partial charge in [0.15, 0.2) is 0 Å². The van der Waals surface area contributed by atoms with Crippen LogP contribution in [0.3, 0.4) is 0 Å². The van der Waals surface area contributed by atoms with Gasteiger partial charge < -0.3 is 15.4 Å². The molecule has 0 amide bonds. The number of aliphatic carboxylic acids is 1. The fourth-order valence-electron chi connectivity index (χ4n) is 0.913. The van der Waals surface area contributed by atoms with Crippen molar-refractivity contribution in [1.29, 1.82) is 0 Å². The van der Waals surface area contributed by atoms with E-state index in [-0.39, 0.29) is 6.42 Å². The van der Waals surface area contributed by atoms with Crippen molar-refractivity contribution >= 4 is 5.97 Å². The Morgan fingerprint density at radius 1 is 1.69 bits per heavy atom. The minimum absolute atomic E-state index is 0.201. The number of carboxylic acid groups (broad SMARTS) is 1. The third-order valence-electron chi connectivity index (χ3n) is 1.90. The minimum Gasteiger partial charge on any atom is -0.480 e.